The highest BCUT2D eigenvalue weighted by atomic mass is 32.2. The van der Waals surface area contributed by atoms with E-state index in [0.29, 0.717) is 11.3 Å². The van der Waals surface area contributed by atoms with Gasteiger partial charge in [0.2, 0.25) is 15.9 Å². The predicted molar refractivity (Wildman–Crippen MR) is 75.6 cm³/mol. The van der Waals surface area contributed by atoms with Crippen molar-refractivity contribution in [2.24, 2.45) is 0 Å². The number of carbonyl (C=O) groups is 2. The zero-order valence-electron chi connectivity index (χ0n) is 11.7. The van der Waals surface area contributed by atoms with Crippen LogP contribution in [-0.2, 0) is 26.0 Å². The molecule has 1 aromatic rings. The van der Waals surface area contributed by atoms with Gasteiger partial charge < -0.3 is 10.0 Å². The van der Waals surface area contributed by atoms with Crippen molar-refractivity contribution in [2.45, 2.75) is 30.7 Å². The van der Waals surface area contributed by atoms with Gasteiger partial charge in [0.05, 0.1) is 11.3 Å². The summed E-state index contributed by atoms with van der Waals surface area (Å²) in [5, 5.41) is 8.93. The molecule has 114 valence electrons. The van der Waals surface area contributed by atoms with E-state index in [1.165, 1.54) is 17.0 Å². The number of carboxylic acids is 1. The maximum absolute atomic E-state index is 12.2. The average molecular weight is 312 g/mol. The van der Waals surface area contributed by atoms with Gasteiger partial charge in [-0.3, -0.25) is 9.59 Å². The quantitative estimate of drug-likeness (QED) is 0.816. The number of nitrogens with one attached hydrogen (secondary N) is 1. The summed E-state index contributed by atoms with van der Waals surface area (Å²) in [6.45, 7) is 1.58. The van der Waals surface area contributed by atoms with Crippen LogP contribution < -0.4 is 9.62 Å². The van der Waals surface area contributed by atoms with E-state index < -0.39 is 22.0 Å². The Labute approximate surface area is 122 Å². The van der Waals surface area contributed by atoms with E-state index in [4.69, 9.17) is 5.11 Å². The van der Waals surface area contributed by atoms with Crippen molar-refractivity contribution in [3.63, 3.8) is 0 Å². The van der Waals surface area contributed by atoms with Gasteiger partial charge >= 0.3 is 5.97 Å². The van der Waals surface area contributed by atoms with E-state index in [-0.39, 0.29) is 23.6 Å². The molecular weight excluding hydrogens is 296 g/mol. The minimum Gasteiger partial charge on any atom is -0.480 e. The van der Waals surface area contributed by atoms with Crippen molar-refractivity contribution in [3.05, 3.63) is 23.8 Å². The summed E-state index contributed by atoms with van der Waals surface area (Å²) >= 11 is 0. The highest BCUT2D eigenvalue weighted by Gasteiger charge is 2.28. The standard InChI is InChI=1S/C13H16N2O5S/c1-3-10(13(17)18)14-21(19,20)9-4-5-11-8(6-9)7-12(16)15(11)2/h4-6,10,14H,3,7H2,1-2H3,(H,17,18)/t10-/m0/s1. The fourth-order valence-corrected chi connectivity index (χ4v) is 3.50. The number of sulfonamides is 1. The number of nitrogens with zero attached hydrogens (tertiary/aromatic N) is 1. The number of carboxylic acid groups (broad SMARTS) is 1. The minimum atomic E-state index is -3.93. The summed E-state index contributed by atoms with van der Waals surface area (Å²) in [7, 11) is -2.31. The van der Waals surface area contributed by atoms with Crippen LogP contribution >= 0.6 is 0 Å². The Hall–Kier alpha value is -1.93. The second kappa shape index (κ2) is 5.45. The number of fused-ring (bicyclic) bond motifs is 1. The van der Waals surface area contributed by atoms with Gasteiger partial charge in [0, 0.05) is 12.7 Å². The Kier molecular flexibility index (Phi) is 4.02. The smallest absolute Gasteiger partial charge is 0.321 e. The molecule has 0 bridgehead atoms. The molecule has 0 spiro atoms. The van der Waals surface area contributed by atoms with Gasteiger partial charge in [-0.25, -0.2) is 8.42 Å². The largest absolute Gasteiger partial charge is 0.480 e. The number of benzene rings is 1. The first-order valence-corrected chi connectivity index (χ1v) is 7.89. The highest BCUT2D eigenvalue weighted by Crippen LogP contribution is 2.29. The van der Waals surface area contributed by atoms with Gasteiger partial charge in [0.15, 0.2) is 0 Å². The Bertz CT molecular complexity index is 699. The molecule has 1 atom stereocenters. The Morgan fingerprint density at radius 2 is 2.14 bits per heavy atom. The first-order chi connectivity index (χ1) is 9.76. The van der Waals surface area contributed by atoms with Crippen LogP contribution in [0.15, 0.2) is 23.1 Å². The zero-order valence-corrected chi connectivity index (χ0v) is 12.5. The zero-order chi connectivity index (χ0) is 15.8. The van der Waals surface area contributed by atoms with Crippen molar-refractivity contribution < 1.29 is 23.1 Å². The lowest BCUT2D eigenvalue weighted by Gasteiger charge is -2.14. The lowest BCUT2D eigenvalue weighted by molar-refractivity contribution is -0.139. The van der Waals surface area contributed by atoms with Crippen LogP contribution in [0.2, 0.25) is 0 Å². The monoisotopic (exact) mass is 312 g/mol. The number of amides is 1. The van der Waals surface area contributed by atoms with Crippen LogP contribution in [0.25, 0.3) is 0 Å². The molecule has 0 radical (unpaired) electrons. The molecule has 0 fully saturated rings. The predicted octanol–water partition coefficient (Wildman–Crippen LogP) is 0.347. The summed E-state index contributed by atoms with van der Waals surface area (Å²) < 4.78 is 26.5. The molecule has 0 unspecified atom stereocenters. The Morgan fingerprint density at radius 1 is 1.48 bits per heavy atom. The normalized spacial score (nSPS) is 15.9. The molecule has 0 saturated carbocycles. The highest BCUT2D eigenvalue weighted by molar-refractivity contribution is 7.89. The van der Waals surface area contributed by atoms with Crippen LogP contribution in [-0.4, -0.2) is 38.5 Å². The summed E-state index contributed by atoms with van der Waals surface area (Å²) in [6, 6.07) is 3.15. The summed E-state index contributed by atoms with van der Waals surface area (Å²) in [6.07, 6.45) is 0.284. The number of rotatable bonds is 5. The van der Waals surface area contributed by atoms with E-state index in [2.05, 4.69) is 4.72 Å². The van der Waals surface area contributed by atoms with Gasteiger partial charge in [0.25, 0.3) is 0 Å². The molecule has 0 aliphatic carbocycles. The third kappa shape index (κ3) is 2.91. The fraction of sp³-hybridized carbons (Fsp3) is 0.385. The topological polar surface area (TPSA) is 104 Å². The summed E-state index contributed by atoms with van der Waals surface area (Å²) in [5.74, 6) is -1.33. The third-order valence-electron chi connectivity index (χ3n) is 3.44. The van der Waals surface area contributed by atoms with E-state index in [1.54, 1.807) is 20.0 Å². The number of likely N-dealkylation sites (N-methyl/N-ethyl adjacent to an activating group) is 1. The molecule has 21 heavy (non-hydrogen) atoms. The third-order valence-corrected chi connectivity index (χ3v) is 4.91. The van der Waals surface area contributed by atoms with Gasteiger partial charge in [0.1, 0.15) is 6.04 Å². The van der Waals surface area contributed by atoms with Gasteiger partial charge in [-0.05, 0) is 30.2 Å². The van der Waals surface area contributed by atoms with Gasteiger partial charge in [-0.15, -0.1) is 0 Å². The summed E-state index contributed by atoms with van der Waals surface area (Å²) in [4.78, 5) is 23.9. The number of anilines is 1. The first kappa shape index (κ1) is 15.5. The van der Waals surface area contributed by atoms with Crippen LogP contribution in [0, 0.1) is 0 Å². The lowest BCUT2D eigenvalue weighted by atomic mass is 10.2. The number of hydrogen-bond acceptors (Lipinski definition) is 4. The molecule has 2 N–H and O–H groups in total. The molecule has 1 aliphatic heterocycles. The van der Waals surface area contributed by atoms with Crippen LogP contribution in [0.3, 0.4) is 0 Å². The fourth-order valence-electron chi connectivity index (χ4n) is 2.18. The van der Waals surface area contributed by atoms with E-state index in [1.807, 2.05) is 0 Å². The first-order valence-electron chi connectivity index (χ1n) is 6.41. The average Bonchev–Trinajstić information content (AvgIpc) is 2.70. The lowest BCUT2D eigenvalue weighted by Crippen LogP contribution is -2.40. The maximum atomic E-state index is 12.2. The number of aliphatic carboxylic acids is 1. The van der Waals surface area contributed by atoms with Crippen LogP contribution in [0.1, 0.15) is 18.9 Å². The van der Waals surface area contributed by atoms with Crippen molar-refractivity contribution >= 4 is 27.6 Å². The molecular formula is C13H16N2O5S. The Morgan fingerprint density at radius 3 is 2.71 bits per heavy atom. The molecule has 7 nitrogen and oxygen atoms in total. The summed E-state index contributed by atoms with van der Waals surface area (Å²) in [5.41, 5.74) is 1.29. The van der Waals surface area contributed by atoms with Crippen molar-refractivity contribution in [1.29, 1.82) is 0 Å². The molecule has 1 amide bonds. The molecule has 2 rings (SSSR count). The molecule has 1 aromatic carbocycles. The van der Waals surface area contributed by atoms with Crippen LogP contribution in [0.4, 0.5) is 5.69 Å². The van der Waals surface area contributed by atoms with E-state index in [9.17, 15) is 18.0 Å². The van der Waals surface area contributed by atoms with Crippen molar-refractivity contribution in [3.8, 4) is 0 Å². The maximum Gasteiger partial charge on any atom is 0.321 e. The van der Waals surface area contributed by atoms with Gasteiger partial charge in [-0.1, -0.05) is 6.92 Å². The minimum absolute atomic E-state index is 0.0379. The Balaban J connectivity index is 2.33. The van der Waals surface area contributed by atoms with Crippen molar-refractivity contribution in [2.75, 3.05) is 11.9 Å². The SMILES string of the molecule is CC[C@H](NS(=O)(=O)c1ccc2c(c1)CC(=O)N2C)C(=O)O. The molecule has 1 aliphatic rings. The number of hydrogen-bond donors (Lipinski definition) is 2. The molecule has 0 aromatic heterocycles. The second-order valence-electron chi connectivity index (χ2n) is 4.84. The van der Waals surface area contributed by atoms with Crippen LogP contribution in [0.5, 0.6) is 0 Å². The van der Waals surface area contributed by atoms with E-state index in [0.717, 1.165) is 0 Å². The van der Waals surface area contributed by atoms with Crippen molar-refractivity contribution in [1.82, 2.24) is 4.72 Å². The second-order valence-corrected chi connectivity index (χ2v) is 6.55. The van der Waals surface area contributed by atoms with E-state index >= 15 is 0 Å². The number of carbonyl (C=O) groups excluding carboxylic acids is 1. The molecule has 8 heteroatoms. The van der Waals surface area contributed by atoms with Gasteiger partial charge in [-0.2, -0.15) is 4.72 Å². The molecule has 0 saturated heterocycles. The molecule has 1 heterocycles.